The highest BCUT2D eigenvalue weighted by atomic mass is 16.8. The predicted molar refractivity (Wildman–Crippen MR) is 155 cm³/mol. The lowest BCUT2D eigenvalue weighted by atomic mass is 9.82. The summed E-state index contributed by atoms with van der Waals surface area (Å²) in [5, 5.41) is 9.75. The van der Waals surface area contributed by atoms with Crippen LogP contribution in [-0.2, 0) is 19.0 Å². The number of nitrogens with two attached hydrogens (primary N) is 1. The van der Waals surface area contributed by atoms with E-state index in [1.54, 1.807) is 51.1 Å². The fourth-order valence-corrected chi connectivity index (χ4v) is 4.34. The van der Waals surface area contributed by atoms with Crippen molar-refractivity contribution in [3.8, 4) is 17.2 Å². The summed E-state index contributed by atoms with van der Waals surface area (Å²) in [5.41, 5.74) is 6.38. The summed E-state index contributed by atoms with van der Waals surface area (Å²) in [6.07, 6.45) is -1.11. The number of ether oxygens (including phenoxy) is 6. The quantitative estimate of drug-likeness (QED) is 0.130. The molecule has 0 aromatic heterocycles. The van der Waals surface area contributed by atoms with Gasteiger partial charge in [-0.1, -0.05) is 57.9 Å². The topological polar surface area (TPSA) is 170 Å². The van der Waals surface area contributed by atoms with Gasteiger partial charge in [-0.3, -0.25) is 4.79 Å². The number of aliphatic carboxylic acids is 1. The molecule has 5 atom stereocenters. The molecular formula is C31H41NO11. The van der Waals surface area contributed by atoms with Crippen LogP contribution in [0.5, 0.6) is 17.2 Å². The van der Waals surface area contributed by atoms with Crippen LogP contribution < -0.4 is 19.9 Å². The molecule has 0 radical (unpaired) electrons. The fourth-order valence-electron chi connectivity index (χ4n) is 4.34. The minimum Gasteiger partial charge on any atom is -0.480 e. The molecule has 0 bridgehead atoms. The summed E-state index contributed by atoms with van der Waals surface area (Å²) in [6, 6.07) is 11.0. The van der Waals surface area contributed by atoms with Gasteiger partial charge in [0, 0.05) is 5.92 Å². The van der Waals surface area contributed by atoms with E-state index in [9.17, 15) is 24.3 Å². The molecule has 0 spiro atoms. The van der Waals surface area contributed by atoms with Gasteiger partial charge in [0.1, 0.15) is 24.0 Å². The maximum absolute atomic E-state index is 12.6. The smallest absolute Gasteiger partial charge is 0.480 e. The second kappa shape index (κ2) is 17.6. The second-order valence-corrected chi connectivity index (χ2v) is 10.2. The van der Waals surface area contributed by atoms with E-state index in [2.05, 4.69) is 0 Å². The van der Waals surface area contributed by atoms with Gasteiger partial charge in [-0.15, -0.1) is 0 Å². The molecule has 12 heteroatoms. The Morgan fingerprint density at radius 2 is 1.33 bits per heavy atom. The SMILES string of the molecule is CCCC(C)OC(=O)Oc1ccc(C(C(C)COC(=O)Oc2ccccc2)[C@H](N)C(=O)O)cc1OC(=O)OC(C)CCC. The molecule has 2 aromatic rings. The Bertz CT molecular complexity index is 1200. The van der Waals surface area contributed by atoms with E-state index in [1.807, 2.05) is 13.8 Å². The average molecular weight is 604 g/mol. The highest BCUT2D eigenvalue weighted by molar-refractivity contribution is 5.75. The Balaban J connectivity index is 2.33. The number of para-hydroxylation sites is 1. The van der Waals surface area contributed by atoms with E-state index < -0.39 is 54.5 Å². The standard InChI is InChI=1S/C31H41NO11/c1-6-11-20(4)39-30(36)42-24-16-15-22(17-25(24)43-31(37)40-21(5)12-7-2)26(27(32)28(33)34)19(3)18-38-29(35)41-23-13-9-8-10-14-23/h8-10,13-17,19-21,26-27H,6-7,11-12,18,32H2,1-5H3,(H,33,34)/t19?,20?,21?,26?,27-/m0/s1. The van der Waals surface area contributed by atoms with Crippen molar-refractivity contribution < 1.29 is 52.7 Å². The lowest BCUT2D eigenvalue weighted by Crippen LogP contribution is -2.40. The van der Waals surface area contributed by atoms with Gasteiger partial charge in [-0.25, -0.2) is 14.4 Å². The van der Waals surface area contributed by atoms with Gasteiger partial charge in [0.05, 0.1) is 6.61 Å². The molecule has 0 aliphatic heterocycles. The van der Waals surface area contributed by atoms with Crippen LogP contribution in [0.2, 0.25) is 0 Å². The molecule has 0 fully saturated rings. The Kier molecular flexibility index (Phi) is 14.3. The van der Waals surface area contributed by atoms with Crippen molar-refractivity contribution in [1.29, 1.82) is 0 Å². The van der Waals surface area contributed by atoms with Crippen molar-refractivity contribution in [2.75, 3.05) is 6.61 Å². The van der Waals surface area contributed by atoms with Gasteiger partial charge in [-0.05, 0) is 62.4 Å². The Morgan fingerprint density at radius 1 is 0.767 bits per heavy atom. The van der Waals surface area contributed by atoms with Crippen molar-refractivity contribution in [1.82, 2.24) is 0 Å². The maximum atomic E-state index is 12.6. The molecule has 2 rings (SSSR count). The van der Waals surface area contributed by atoms with E-state index in [1.165, 1.54) is 18.2 Å². The molecule has 43 heavy (non-hydrogen) atoms. The number of carboxylic acid groups (broad SMARTS) is 1. The fraction of sp³-hybridized carbons (Fsp3) is 0.484. The van der Waals surface area contributed by atoms with Crippen LogP contribution in [0.3, 0.4) is 0 Å². The van der Waals surface area contributed by atoms with Crippen molar-refractivity contribution in [2.24, 2.45) is 11.7 Å². The van der Waals surface area contributed by atoms with Gasteiger partial charge >= 0.3 is 24.4 Å². The Hall–Kier alpha value is -4.32. The van der Waals surface area contributed by atoms with Crippen molar-refractivity contribution >= 4 is 24.4 Å². The number of hydrogen-bond donors (Lipinski definition) is 2. The van der Waals surface area contributed by atoms with E-state index >= 15 is 0 Å². The molecule has 236 valence electrons. The molecule has 0 saturated heterocycles. The summed E-state index contributed by atoms with van der Waals surface area (Å²) in [5.74, 6) is -3.00. The summed E-state index contributed by atoms with van der Waals surface area (Å²) in [6.45, 7) is 8.69. The molecule has 0 aliphatic rings. The van der Waals surface area contributed by atoms with E-state index in [-0.39, 0.29) is 23.9 Å². The van der Waals surface area contributed by atoms with Crippen LogP contribution in [0.1, 0.15) is 71.8 Å². The highest BCUT2D eigenvalue weighted by Crippen LogP contribution is 2.36. The zero-order chi connectivity index (χ0) is 31.9. The maximum Gasteiger partial charge on any atom is 0.514 e. The van der Waals surface area contributed by atoms with Crippen LogP contribution >= 0.6 is 0 Å². The third-order valence-electron chi connectivity index (χ3n) is 6.42. The van der Waals surface area contributed by atoms with Crippen LogP contribution in [0.25, 0.3) is 0 Å². The molecular weight excluding hydrogens is 562 g/mol. The zero-order valence-corrected chi connectivity index (χ0v) is 25.1. The van der Waals surface area contributed by atoms with Gasteiger partial charge < -0.3 is 39.3 Å². The Morgan fingerprint density at radius 3 is 1.86 bits per heavy atom. The molecule has 0 heterocycles. The first-order chi connectivity index (χ1) is 20.4. The lowest BCUT2D eigenvalue weighted by molar-refractivity contribution is -0.139. The van der Waals surface area contributed by atoms with Crippen LogP contribution in [0, 0.1) is 5.92 Å². The van der Waals surface area contributed by atoms with E-state index in [0.717, 1.165) is 12.8 Å². The van der Waals surface area contributed by atoms with Crippen molar-refractivity contribution in [3.05, 3.63) is 54.1 Å². The average Bonchev–Trinajstić information content (AvgIpc) is 2.94. The molecule has 4 unspecified atom stereocenters. The van der Waals surface area contributed by atoms with E-state index in [4.69, 9.17) is 34.2 Å². The Labute approximate surface area is 251 Å². The van der Waals surface area contributed by atoms with Gasteiger partial charge in [-0.2, -0.15) is 0 Å². The summed E-state index contributed by atoms with van der Waals surface area (Å²) in [4.78, 5) is 49.2. The molecule has 0 aliphatic carbocycles. The number of carboxylic acids is 1. The highest BCUT2D eigenvalue weighted by Gasteiger charge is 2.33. The minimum absolute atomic E-state index is 0.157. The molecule has 3 N–H and O–H groups in total. The van der Waals surface area contributed by atoms with Crippen molar-refractivity contribution in [3.63, 3.8) is 0 Å². The molecule has 2 aromatic carbocycles. The summed E-state index contributed by atoms with van der Waals surface area (Å²) < 4.78 is 31.6. The van der Waals surface area contributed by atoms with Crippen LogP contribution in [0.4, 0.5) is 14.4 Å². The zero-order valence-electron chi connectivity index (χ0n) is 25.1. The normalized spacial score (nSPS) is 14.3. The number of carbonyl (C=O) groups excluding carboxylic acids is 3. The first kappa shape index (κ1) is 34.9. The monoisotopic (exact) mass is 603 g/mol. The van der Waals surface area contributed by atoms with E-state index in [0.29, 0.717) is 18.4 Å². The summed E-state index contributed by atoms with van der Waals surface area (Å²) >= 11 is 0. The van der Waals surface area contributed by atoms with Crippen LogP contribution in [0.15, 0.2) is 48.5 Å². The number of rotatable bonds is 15. The molecule has 0 saturated carbocycles. The first-order valence-electron chi connectivity index (χ1n) is 14.2. The van der Waals surface area contributed by atoms with Crippen molar-refractivity contribution in [2.45, 2.75) is 84.5 Å². The number of carbonyl (C=O) groups is 4. The predicted octanol–water partition coefficient (Wildman–Crippen LogP) is 6.44. The summed E-state index contributed by atoms with van der Waals surface area (Å²) in [7, 11) is 0. The van der Waals surface area contributed by atoms with Gasteiger partial charge in [0.25, 0.3) is 0 Å². The number of hydrogen-bond acceptors (Lipinski definition) is 11. The largest absolute Gasteiger partial charge is 0.514 e. The van der Waals surface area contributed by atoms with Crippen LogP contribution in [-0.4, -0.2) is 54.4 Å². The first-order valence-corrected chi connectivity index (χ1v) is 14.2. The third kappa shape index (κ3) is 11.8. The van der Waals surface area contributed by atoms with Gasteiger partial charge in [0.15, 0.2) is 11.5 Å². The molecule has 12 nitrogen and oxygen atoms in total. The third-order valence-corrected chi connectivity index (χ3v) is 6.42. The number of benzene rings is 2. The minimum atomic E-state index is -1.44. The second-order valence-electron chi connectivity index (χ2n) is 10.2. The lowest BCUT2D eigenvalue weighted by Gasteiger charge is -2.28. The molecule has 0 amide bonds. The van der Waals surface area contributed by atoms with Gasteiger partial charge in [0.2, 0.25) is 0 Å².